The van der Waals surface area contributed by atoms with Crippen LogP contribution in [0.1, 0.15) is 24.2 Å². The van der Waals surface area contributed by atoms with E-state index < -0.39 is 0 Å². The Bertz CT molecular complexity index is 570. The van der Waals surface area contributed by atoms with Gasteiger partial charge in [-0.1, -0.05) is 13.8 Å². The molecule has 0 radical (unpaired) electrons. The number of halogens is 1. The van der Waals surface area contributed by atoms with Crippen LogP contribution in [0.3, 0.4) is 0 Å². The van der Waals surface area contributed by atoms with Gasteiger partial charge < -0.3 is 5.32 Å². The van der Waals surface area contributed by atoms with E-state index in [4.69, 9.17) is 0 Å². The molecule has 2 aromatic heterocycles. The van der Waals surface area contributed by atoms with E-state index >= 15 is 0 Å². The SMILES string of the molecule is CC(C)[C@H](Cn1nccn1)NC(=O)c1cncc(Br)c1. The Labute approximate surface area is 125 Å². The van der Waals surface area contributed by atoms with Crippen molar-refractivity contribution < 1.29 is 4.79 Å². The zero-order valence-electron chi connectivity index (χ0n) is 11.3. The Morgan fingerprint density at radius 3 is 2.65 bits per heavy atom. The van der Waals surface area contributed by atoms with Crippen LogP contribution in [0.15, 0.2) is 35.3 Å². The number of pyridine rings is 1. The molecule has 0 unspecified atom stereocenters. The van der Waals surface area contributed by atoms with Gasteiger partial charge in [0.25, 0.3) is 5.91 Å². The van der Waals surface area contributed by atoms with E-state index in [1.807, 2.05) is 13.8 Å². The van der Waals surface area contributed by atoms with Gasteiger partial charge in [-0.25, -0.2) is 0 Å². The highest BCUT2D eigenvalue weighted by Crippen LogP contribution is 2.11. The third kappa shape index (κ3) is 3.86. The number of carbonyl (C=O) groups is 1. The molecule has 0 aliphatic rings. The van der Waals surface area contributed by atoms with Gasteiger partial charge in [0, 0.05) is 16.9 Å². The summed E-state index contributed by atoms with van der Waals surface area (Å²) in [6, 6.07) is 1.69. The maximum Gasteiger partial charge on any atom is 0.253 e. The average molecular weight is 338 g/mol. The summed E-state index contributed by atoms with van der Waals surface area (Å²) in [5.74, 6) is 0.120. The molecule has 1 atom stereocenters. The monoisotopic (exact) mass is 337 g/mol. The van der Waals surface area contributed by atoms with Gasteiger partial charge >= 0.3 is 0 Å². The molecular formula is C13H16BrN5O. The van der Waals surface area contributed by atoms with E-state index in [2.05, 4.69) is 36.4 Å². The van der Waals surface area contributed by atoms with Gasteiger partial charge in [0.1, 0.15) is 0 Å². The van der Waals surface area contributed by atoms with Crippen molar-refractivity contribution in [2.45, 2.75) is 26.4 Å². The molecule has 1 N–H and O–H groups in total. The van der Waals surface area contributed by atoms with Crippen LogP contribution in [0, 0.1) is 5.92 Å². The van der Waals surface area contributed by atoms with Gasteiger partial charge in [0.2, 0.25) is 0 Å². The van der Waals surface area contributed by atoms with Gasteiger partial charge in [-0.15, -0.1) is 0 Å². The van der Waals surface area contributed by atoms with E-state index in [0.29, 0.717) is 12.1 Å². The van der Waals surface area contributed by atoms with Gasteiger partial charge in [0.15, 0.2) is 0 Å². The maximum absolute atomic E-state index is 12.2. The Morgan fingerprint density at radius 1 is 1.35 bits per heavy atom. The van der Waals surface area contributed by atoms with Crippen molar-refractivity contribution in [2.24, 2.45) is 5.92 Å². The Hall–Kier alpha value is -1.76. The van der Waals surface area contributed by atoms with Crippen LogP contribution in [-0.2, 0) is 6.54 Å². The fourth-order valence-corrected chi connectivity index (χ4v) is 2.09. The number of hydrogen-bond donors (Lipinski definition) is 1. The van der Waals surface area contributed by atoms with Crippen LogP contribution in [-0.4, -0.2) is 31.9 Å². The Kier molecular flexibility index (Phi) is 4.84. The van der Waals surface area contributed by atoms with E-state index in [1.165, 1.54) is 0 Å². The molecule has 1 amide bonds. The summed E-state index contributed by atoms with van der Waals surface area (Å²) in [4.78, 5) is 17.8. The molecule has 106 valence electrons. The first-order valence-electron chi connectivity index (χ1n) is 6.32. The van der Waals surface area contributed by atoms with E-state index in [-0.39, 0.29) is 17.9 Å². The first-order valence-corrected chi connectivity index (χ1v) is 7.11. The molecule has 0 saturated heterocycles. The first-order chi connectivity index (χ1) is 9.56. The average Bonchev–Trinajstić information content (AvgIpc) is 2.90. The molecule has 0 aliphatic heterocycles. The number of amides is 1. The standard InChI is InChI=1S/C13H16BrN5O/c1-9(2)12(8-19-16-3-4-17-19)18-13(20)10-5-11(14)7-15-6-10/h3-7,9,12H,8H2,1-2H3,(H,18,20)/t12-/m0/s1. The van der Waals surface area contributed by atoms with Gasteiger partial charge in [-0.3, -0.25) is 9.78 Å². The second-order valence-electron chi connectivity index (χ2n) is 4.80. The van der Waals surface area contributed by atoms with E-state index in [1.54, 1.807) is 35.7 Å². The van der Waals surface area contributed by atoms with Crippen molar-refractivity contribution in [1.82, 2.24) is 25.3 Å². The molecule has 0 aromatic carbocycles. The van der Waals surface area contributed by atoms with Gasteiger partial charge in [-0.05, 0) is 27.9 Å². The highest BCUT2D eigenvalue weighted by molar-refractivity contribution is 9.10. The van der Waals surface area contributed by atoms with Crippen molar-refractivity contribution in [1.29, 1.82) is 0 Å². The minimum Gasteiger partial charge on any atom is -0.347 e. The van der Waals surface area contributed by atoms with Crippen molar-refractivity contribution in [3.05, 3.63) is 40.9 Å². The number of carbonyl (C=O) groups excluding carboxylic acids is 1. The molecule has 0 bridgehead atoms. The molecule has 6 nitrogen and oxygen atoms in total. The molecule has 0 aliphatic carbocycles. The van der Waals surface area contributed by atoms with Gasteiger partial charge in [0.05, 0.1) is 30.5 Å². The second kappa shape index (κ2) is 6.60. The minimum atomic E-state index is -0.148. The largest absolute Gasteiger partial charge is 0.347 e. The smallest absolute Gasteiger partial charge is 0.253 e. The Morgan fingerprint density at radius 2 is 2.05 bits per heavy atom. The van der Waals surface area contributed by atoms with Crippen LogP contribution >= 0.6 is 15.9 Å². The number of hydrogen-bond acceptors (Lipinski definition) is 4. The van der Waals surface area contributed by atoms with Crippen LogP contribution in [0.5, 0.6) is 0 Å². The van der Waals surface area contributed by atoms with Crippen molar-refractivity contribution in [3.8, 4) is 0 Å². The van der Waals surface area contributed by atoms with Crippen LogP contribution < -0.4 is 5.32 Å². The van der Waals surface area contributed by atoms with Crippen molar-refractivity contribution in [3.63, 3.8) is 0 Å². The molecule has 0 spiro atoms. The van der Waals surface area contributed by atoms with Crippen LogP contribution in [0.25, 0.3) is 0 Å². The third-order valence-corrected chi connectivity index (χ3v) is 3.35. The zero-order valence-corrected chi connectivity index (χ0v) is 12.9. The molecular weight excluding hydrogens is 322 g/mol. The molecule has 2 aromatic rings. The third-order valence-electron chi connectivity index (χ3n) is 2.91. The second-order valence-corrected chi connectivity index (χ2v) is 5.72. The normalized spacial score (nSPS) is 12.4. The summed E-state index contributed by atoms with van der Waals surface area (Å²) in [6.45, 7) is 4.64. The summed E-state index contributed by atoms with van der Waals surface area (Å²) in [7, 11) is 0. The molecule has 2 heterocycles. The number of aromatic nitrogens is 4. The zero-order chi connectivity index (χ0) is 14.5. The lowest BCUT2D eigenvalue weighted by atomic mass is 10.0. The summed E-state index contributed by atoms with van der Waals surface area (Å²) < 4.78 is 0.778. The number of nitrogens with zero attached hydrogens (tertiary/aromatic N) is 4. The summed E-state index contributed by atoms with van der Waals surface area (Å²) in [6.07, 6.45) is 6.43. The van der Waals surface area contributed by atoms with Crippen LogP contribution in [0.2, 0.25) is 0 Å². The van der Waals surface area contributed by atoms with Crippen molar-refractivity contribution in [2.75, 3.05) is 0 Å². The number of nitrogens with one attached hydrogen (secondary N) is 1. The lowest BCUT2D eigenvalue weighted by Crippen LogP contribution is -2.42. The highest BCUT2D eigenvalue weighted by atomic mass is 79.9. The van der Waals surface area contributed by atoms with E-state index in [9.17, 15) is 4.79 Å². The van der Waals surface area contributed by atoms with Crippen LogP contribution in [0.4, 0.5) is 0 Å². The fourth-order valence-electron chi connectivity index (χ4n) is 1.72. The maximum atomic E-state index is 12.2. The molecule has 0 fully saturated rings. The highest BCUT2D eigenvalue weighted by Gasteiger charge is 2.18. The molecule has 20 heavy (non-hydrogen) atoms. The predicted molar refractivity (Wildman–Crippen MR) is 78.1 cm³/mol. The van der Waals surface area contributed by atoms with Gasteiger partial charge in [-0.2, -0.15) is 15.0 Å². The lowest BCUT2D eigenvalue weighted by molar-refractivity contribution is 0.0917. The molecule has 2 rings (SSSR count). The molecule has 0 saturated carbocycles. The predicted octanol–water partition coefficient (Wildman–Crippen LogP) is 1.89. The Balaban J connectivity index is 2.06. The minimum absolute atomic E-state index is 0.0473. The summed E-state index contributed by atoms with van der Waals surface area (Å²) >= 11 is 3.31. The quantitative estimate of drug-likeness (QED) is 0.904. The summed E-state index contributed by atoms with van der Waals surface area (Å²) in [5.41, 5.74) is 0.526. The fraction of sp³-hybridized carbons (Fsp3) is 0.385. The summed E-state index contributed by atoms with van der Waals surface area (Å²) in [5, 5.41) is 11.1. The molecule has 7 heteroatoms. The lowest BCUT2D eigenvalue weighted by Gasteiger charge is -2.21. The number of rotatable bonds is 5. The van der Waals surface area contributed by atoms with E-state index in [0.717, 1.165) is 4.47 Å². The van der Waals surface area contributed by atoms with Crippen molar-refractivity contribution >= 4 is 21.8 Å². The topological polar surface area (TPSA) is 72.7 Å². The first kappa shape index (κ1) is 14.6.